The minimum Gasteiger partial charge on any atom is -0.370 e. The standard InChI is InChI=1S/C15H24N2/c1-3-4-7-10-17-12-13(2)16-11-14-8-5-6-9-15(14)17/h5-6,8-9,13,16H,3-4,7,10-12H2,1-2H3. The molecule has 0 bridgehead atoms. The first-order valence-corrected chi connectivity index (χ1v) is 6.87. The average Bonchev–Trinajstić information content (AvgIpc) is 2.50. The zero-order valence-corrected chi connectivity index (χ0v) is 11.1. The number of rotatable bonds is 4. The van der Waals surface area contributed by atoms with Crippen LogP contribution < -0.4 is 10.2 Å². The van der Waals surface area contributed by atoms with E-state index >= 15 is 0 Å². The Hall–Kier alpha value is -1.02. The number of benzene rings is 1. The van der Waals surface area contributed by atoms with Crippen LogP contribution in [0.3, 0.4) is 0 Å². The average molecular weight is 232 g/mol. The quantitative estimate of drug-likeness (QED) is 0.802. The molecule has 1 aromatic rings. The summed E-state index contributed by atoms with van der Waals surface area (Å²) in [5, 5.41) is 3.58. The molecule has 0 amide bonds. The molecule has 2 nitrogen and oxygen atoms in total. The van der Waals surface area contributed by atoms with Crippen LogP contribution in [0.15, 0.2) is 24.3 Å². The first-order chi connectivity index (χ1) is 8.31. The fraction of sp³-hybridized carbons (Fsp3) is 0.600. The van der Waals surface area contributed by atoms with Crippen molar-refractivity contribution in [2.75, 3.05) is 18.0 Å². The van der Waals surface area contributed by atoms with Crippen molar-refractivity contribution in [3.63, 3.8) is 0 Å². The molecule has 1 N–H and O–H groups in total. The monoisotopic (exact) mass is 232 g/mol. The van der Waals surface area contributed by atoms with Gasteiger partial charge >= 0.3 is 0 Å². The molecule has 1 unspecified atom stereocenters. The molecule has 2 heteroatoms. The molecule has 0 saturated carbocycles. The molecule has 1 heterocycles. The molecular formula is C15H24N2. The fourth-order valence-corrected chi connectivity index (χ4v) is 2.51. The molecule has 0 aliphatic carbocycles. The Bertz CT molecular complexity index is 349. The summed E-state index contributed by atoms with van der Waals surface area (Å²) in [4.78, 5) is 2.55. The fourth-order valence-electron chi connectivity index (χ4n) is 2.51. The normalized spacial score (nSPS) is 19.9. The van der Waals surface area contributed by atoms with E-state index in [1.54, 1.807) is 0 Å². The Morgan fingerprint density at radius 3 is 2.94 bits per heavy atom. The Balaban J connectivity index is 2.11. The smallest absolute Gasteiger partial charge is 0.0412 e. The highest BCUT2D eigenvalue weighted by Gasteiger charge is 2.17. The van der Waals surface area contributed by atoms with E-state index in [9.17, 15) is 0 Å². The van der Waals surface area contributed by atoms with Crippen molar-refractivity contribution in [2.24, 2.45) is 0 Å². The van der Waals surface area contributed by atoms with E-state index in [2.05, 4.69) is 48.3 Å². The van der Waals surface area contributed by atoms with Crippen LogP contribution in [0.2, 0.25) is 0 Å². The maximum absolute atomic E-state index is 3.58. The summed E-state index contributed by atoms with van der Waals surface area (Å²) in [5.41, 5.74) is 2.87. The second-order valence-electron chi connectivity index (χ2n) is 5.06. The first-order valence-electron chi connectivity index (χ1n) is 6.87. The molecular weight excluding hydrogens is 208 g/mol. The lowest BCUT2D eigenvalue weighted by Gasteiger charge is -2.26. The zero-order chi connectivity index (χ0) is 12.1. The van der Waals surface area contributed by atoms with Gasteiger partial charge in [-0.05, 0) is 25.0 Å². The van der Waals surface area contributed by atoms with E-state index in [1.807, 2.05) is 0 Å². The topological polar surface area (TPSA) is 15.3 Å². The van der Waals surface area contributed by atoms with E-state index in [0.717, 1.165) is 13.1 Å². The number of nitrogens with zero attached hydrogens (tertiary/aromatic N) is 1. The molecule has 0 aromatic heterocycles. The summed E-state index contributed by atoms with van der Waals surface area (Å²) in [5.74, 6) is 0. The summed E-state index contributed by atoms with van der Waals surface area (Å²) in [6.07, 6.45) is 3.93. The minimum absolute atomic E-state index is 0.573. The molecule has 94 valence electrons. The van der Waals surface area contributed by atoms with Gasteiger partial charge in [0.2, 0.25) is 0 Å². The molecule has 17 heavy (non-hydrogen) atoms. The van der Waals surface area contributed by atoms with E-state index in [-0.39, 0.29) is 0 Å². The summed E-state index contributed by atoms with van der Waals surface area (Å²) >= 11 is 0. The second-order valence-corrected chi connectivity index (χ2v) is 5.06. The minimum atomic E-state index is 0.573. The van der Waals surface area contributed by atoms with Gasteiger partial charge in [-0.2, -0.15) is 0 Å². The van der Waals surface area contributed by atoms with Crippen molar-refractivity contribution in [1.29, 1.82) is 0 Å². The Kier molecular flexibility index (Phi) is 4.43. The number of fused-ring (bicyclic) bond motifs is 1. The third-order valence-corrected chi connectivity index (χ3v) is 3.50. The lowest BCUT2D eigenvalue weighted by atomic mass is 10.1. The van der Waals surface area contributed by atoms with Crippen molar-refractivity contribution in [2.45, 2.75) is 45.7 Å². The Labute approximate surface area is 105 Å². The summed E-state index contributed by atoms with van der Waals surface area (Å²) in [6, 6.07) is 9.38. The molecule has 1 aromatic carbocycles. The summed E-state index contributed by atoms with van der Waals surface area (Å²) < 4.78 is 0. The zero-order valence-electron chi connectivity index (χ0n) is 11.1. The van der Waals surface area contributed by atoms with Crippen LogP contribution in [0.4, 0.5) is 5.69 Å². The molecule has 0 fully saturated rings. The molecule has 1 aliphatic heterocycles. The molecule has 1 atom stereocenters. The van der Waals surface area contributed by atoms with Crippen LogP contribution in [-0.4, -0.2) is 19.1 Å². The van der Waals surface area contributed by atoms with Crippen LogP contribution in [0.5, 0.6) is 0 Å². The number of nitrogens with one attached hydrogen (secondary N) is 1. The van der Waals surface area contributed by atoms with Gasteiger partial charge in [0.25, 0.3) is 0 Å². The molecule has 1 aliphatic rings. The summed E-state index contributed by atoms with van der Waals surface area (Å²) in [6.45, 7) is 7.86. The Morgan fingerprint density at radius 2 is 2.12 bits per heavy atom. The number of anilines is 1. The van der Waals surface area contributed by atoms with Crippen molar-refractivity contribution in [3.8, 4) is 0 Å². The van der Waals surface area contributed by atoms with Gasteiger partial charge < -0.3 is 10.2 Å². The van der Waals surface area contributed by atoms with Crippen molar-refractivity contribution < 1.29 is 0 Å². The van der Waals surface area contributed by atoms with E-state index in [1.165, 1.54) is 37.1 Å². The van der Waals surface area contributed by atoms with Crippen LogP contribution in [0.1, 0.15) is 38.7 Å². The highest BCUT2D eigenvalue weighted by atomic mass is 15.2. The lowest BCUT2D eigenvalue weighted by molar-refractivity contribution is 0.546. The highest BCUT2D eigenvalue weighted by Crippen LogP contribution is 2.23. The molecule has 0 saturated heterocycles. The maximum atomic E-state index is 3.58. The van der Waals surface area contributed by atoms with Crippen LogP contribution in [0, 0.1) is 0 Å². The van der Waals surface area contributed by atoms with Crippen LogP contribution >= 0.6 is 0 Å². The first kappa shape index (κ1) is 12.4. The van der Waals surface area contributed by atoms with Gasteiger partial charge in [0.15, 0.2) is 0 Å². The van der Waals surface area contributed by atoms with E-state index in [4.69, 9.17) is 0 Å². The van der Waals surface area contributed by atoms with E-state index in [0.29, 0.717) is 6.04 Å². The summed E-state index contributed by atoms with van der Waals surface area (Å²) in [7, 11) is 0. The third kappa shape index (κ3) is 3.22. The van der Waals surface area contributed by atoms with Gasteiger partial charge in [0.1, 0.15) is 0 Å². The number of para-hydroxylation sites is 1. The third-order valence-electron chi connectivity index (χ3n) is 3.50. The van der Waals surface area contributed by atoms with Crippen molar-refractivity contribution in [1.82, 2.24) is 5.32 Å². The van der Waals surface area contributed by atoms with Crippen molar-refractivity contribution >= 4 is 5.69 Å². The van der Waals surface area contributed by atoms with Gasteiger partial charge in [0.05, 0.1) is 0 Å². The van der Waals surface area contributed by atoms with Crippen molar-refractivity contribution in [3.05, 3.63) is 29.8 Å². The van der Waals surface area contributed by atoms with Crippen LogP contribution in [0.25, 0.3) is 0 Å². The molecule has 0 radical (unpaired) electrons. The predicted molar refractivity (Wildman–Crippen MR) is 74.5 cm³/mol. The molecule has 2 rings (SSSR count). The maximum Gasteiger partial charge on any atom is 0.0412 e. The largest absolute Gasteiger partial charge is 0.370 e. The lowest BCUT2D eigenvalue weighted by Crippen LogP contribution is -2.36. The van der Waals surface area contributed by atoms with Gasteiger partial charge in [-0.25, -0.2) is 0 Å². The number of hydrogen-bond donors (Lipinski definition) is 1. The number of unbranched alkanes of at least 4 members (excludes halogenated alkanes) is 2. The van der Waals surface area contributed by atoms with Gasteiger partial charge in [-0.1, -0.05) is 38.0 Å². The number of hydrogen-bond acceptors (Lipinski definition) is 2. The van der Waals surface area contributed by atoms with Gasteiger partial charge in [-0.3, -0.25) is 0 Å². The van der Waals surface area contributed by atoms with Gasteiger partial charge in [-0.15, -0.1) is 0 Å². The van der Waals surface area contributed by atoms with E-state index < -0.39 is 0 Å². The molecule has 0 spiro atoms. The van der Waals surface area contributed by atoms with Gasteiger partial charge in [0, 0.05) is 31.4 Å². The van der Waals surface area contributed by atoms with Crippen LogP contribution in [-0.2, 0) is 6.54 Å². The second kappa shape index (κ2) is 6.06. The highest BCUT2D eigenvalue weighted by molar-refractivity contribution is 5.54. The predicted octanol–water partition coefficient (Wildman–Crippen LogP) is 3.17. The Morgan fingerprint density at radius 1 is 1.29 bits per heavy atom. The SMILES string of the molecule is CCCCCN1CC(C)NCc2ccccc21.